The van der Waals surface area contributed by atoms with Gasteiger partial charge in [0.1, 0.15) is 0 Å². The minimum absolute atomic E-state index is 0.00721. The molecule has 0 bridgehead atoms. The molecule has 1 amide bonds. The van der Waals surface area contributed by atoms with Crippen molar-refractivity contribution < 1.29 is 15.0 Å². The summed E-state index contributed by atoms with van der Waals surface area (Å²) < 4.78 is 0. The number of aliphatic hydroxyl groups excluding tert-OH is 2. The lowest BCUT2D eigenvalue weighted by Crippen LogP contribution is -2.61. The zero-order chi connectivity index (χ0) is 24.4. The number of rotatable bonds is 1. The van der Waals surface area contributed by atoms with Crippen molar-refractivity contribution in [3.8, 4) is 0 Å². The normalized spacial score (nSPS) is 52.1. The lowest BCUT2D eigenvalue weighted by atomic mass is 9.35. The highest BCUT2D eigenvalue weighted by atomic mass is 16.3. The fourth-order valence-corrected chi connectivity index (χ4v) is 8.06. The molecule has 0 saturated heterocycles. The average Bonchev–Trinajstić information content (AvgIpc) is 2.76. The Labute approximate surface area is 199 Å². The SMILES string of the molecule is CC1=C/C/C=C2\[C@](C)(\C=C/C(O)=C\1O)CC[C@@]1(C)[C@@H]3C[C@](C)(C(N)=O)CC[C@]3(C)CC[C@]21C. The quantitative estimate of drug-likeness (QED) is 0.372. The molecule has 4 N–H and O–H groups in total. The van der Waals surface area contributed by atoms with Crippen molar-refractivity contribution in [3.63, 3.8) is 0 Å². The summed E-state index contributed by atoms with van der Waals surface area (Å²) >= 11 is 0. The number of nitrogens with two attached hydrogens (primary N) is 1. The van der Waals surface area contributed by atoms with Gasteiger partial charge < -0.3 is 15.9 Å². The molecule has 6 atom stereocenters. The van der Waals surface area contributed by atoms with E-state index in [0.29, 0.717) is 11.5 Å². The number of hydrogen-bond acceptors (Lipinski definition) is 3. The Morgan fingerprint density at radius 2 is 1.64 bits per heavy atom. The van der Waals surface area contributed by atoms with Gasteiger partial charge in [0.05, 0.1) is 0 Å². The zero-order valence-corrected chi connectivity index (χ0v) is 21.4. The highest BCUT2D eigenvalue weighted by Crippen LogP contribution is 2.74. The van der Waals surface area contributed by atoms with Crippen molar-refractivity contribution in [2.75, 3.05) is 0 Å². The number of carbonyl (C=O) groups is 1. The Morgan fingerprint density at radius 3 is 2.30 bits per heavy atom. The number of carbonyl (C=O) groups excluding carboxylic acids is 1. The Bertz CT molecular complexity index is 989. The van der Waals surface area contributed by atoms with Crippen LogP contribution in [0, 0.1) is 33.0 Å². The largest absolute Gasteiger partial charge is 0.504 e. The van der Waals surface area contributed by atoms with Gasteiger partial charge in [-0.3, -0.25) is 4.79 Å². The van der Waals surface area contributed by atoms with Crippen LogP contribution in [0.2, 0.25) is 0 Å². The van der Waals surface area contributed by atoms with Crippen LogP contribution in [0.5, 0.6) is 0 Å². The summed E-state index contributed by atoms with van der Waals surface area (Å²) in [5, 5.41) is 20.8. The summed E-state index contributed by atoms with van der Waals surface area (Å²) in [6, 6.07) is 0. The van der Waals surface area contributed by atoms with Gasteiger partial charge in [-0.2, -0.15) is 0 Å². The molecule has 33 heavy (non-hydrogen) atoms. The van der Waals surface area contributed by atoms with Crippen LogP contribution in [-0.4, -0.2) is 16.1 Å². The van der Waals surface area contributed by atoms with Crippen molar-refractivity contribution in [3.05, 3.63) is 47.0 Å². The number of aliphatic hydroxyl groups is 2. The van der Waals surface area contributed by atoms with E-state index in [-0.39, 0.29) is 39.1 Å². The van der Waals surface area contributed by atoms with Crippen LogP contribution in [0.1, 0.15) is 92.9 Å². The van der Waals surface area contributed by atoms with Gasteiger partial charge in [0.25, 0.3) is 0 Å². The molecule has 4 rings (SSSR count). The van der Waals surface area contributed by atoms with Crippen LogP contribution >= 0.6 is 0 Å². The molecule has 0 radical (unpaired) electrons. The molecule has 4 nitrogen and oxygen atoms in total. The van der Waals surface area contributed by atoms with E-state index < -0.39 is 5.41 Å². The predicted molar refractivity (Wildman–Crippen MR) is 133 cm³/mol. The highest BCUT2D eigenvalue weighted by Gasteiger charge is 2.65. The molecule has 0 spiro atoms. The van der Waals surface area contributed by atoms with Crippen LogP contribution in [0.25, 0.3) is 0 Å². The van der Waals surface area contributed by atoms with E-state index in [0.717, 1.165) is 51.4 Å². The van der Waals surface area contributed by atoms with Crippen LogP contribution < -0.4 is 5.73 Å². The Balaban J connectivity index is 1.82. The van der Waals surface area contributed by atoms with Gasteiger partial charge in [-0.25, -0.2) is 0 Å². The molecule has 0 aromatic rings. The van der Waals surface area contributed by atoms with Gasteiger partial charge in [0, 0.05) is 10.8 Å². The van der Waals surface area contributed by atoms with Crippen LogP contribution in [0.4, 0.5) is 0 Å². The maximum absolute atomic E-state index is 12.5. The molecular formula is C29H43NO3. The Morgan fingerprint density at radius 1 is 0.970 bits per heavy atom. The van der Waals surface area contributed by atoms with Crippen molar-refractivity contribution in [2.24, 2.45) is 38.7 Å². The first-order chi connectivity index (χ1) is 15.2. The second-order valence-electron chi connectivity index (χ2n) is 12.8. The van der Waals surface area contributed by atoms with Gasteiger partial charge >= 0.3 is 0 Å². The number of allylic oxidation sites excluding steroid dienone is 6. The smallest absolute Gasteiger partial charge is 0.223 e. The van der Waals surface area contributed by atoms with Crippen molar-refractivity contribution >= 4 is 5.91 Å². The van der Waals surface area contributed by atoms with E-state index in [1.807, 2.05) is 13.0 Å². The fourth-order valence-electron chi connectivity index (χ4n) is 8.06. The molecule has 182 valence electrons. The van der Waals surface area contributed by atoms with Crippen LogP contribution in [0.15, 0.2) is 47.0 Å². The maximum atomic E-state index is 12.5. The predicted octanol–water partition coefficient (Wildman–Crippen LogP) is 7.05. The molecule has 0 aromatic carbocycles. The summed E-state index contributed by atoms with van der Waals surface area (Å²) in [5.74, 6) is 0.185. The topological polar surface area (TPSA) is 83.6 Å². The minimum atomic E-state index is -0.426. The molecule has 0 aliphatic heterocycles. The van der Waals surface area contributed by atoms with E-state index in [4.69, 9.17) is 5.73 Å². The van der Waals surface area contributed by atoms with Crippen molar-refractivity contribution in [1.82, 2.24) is 0 Å². The maximum Gasteiger partial charge on any atom is 0.223 e. The van der Waals surface area contributed by atoms with Gasteiger partial charge in [0.2, 0.25) is 5.91 Å². The number of hydrogen-bond donors (Lipinski definition) is 3. The summed E-state index contributed by atoms with van der Waals surface area (Å²) in [6.45, 7) is 13.6. The van der Waals surface area contributed by atoms with Gasteiger partial charge in [-0.1, -0.05) is 58.4 Å². The molecule has 4 aliphatic carbocycles. The van der Waals surface area contributed by atoms with Crippen molar-refractivity contribution in [2.45, 2.75) is 92.9 Å². The molecule has 0 heterocycles. The standard InChI is InChI=1S/C29H43NO3/c1-19-8-7-9-21-25(2,11-10-20(31)23(19)32)14-17-29(6)22-18-27(4,24(30)33)13-12-26(22,3)15-16-28(21,29)5/h8-11,22,31-32H,7,12-18H2,1-6H3,(H2,30,33)/b11-10-,19-8-,21-9+,23-20-/t22-,25-,26-,27-,28-,29+/m1/s1. The number of fused-ring (bicyclic) bond motifs is 5. The van der Waals surface area contributed by atoms with Gasteiger partial charge in [0.15, 0.2) is 11.5 Å². The van der Waals surface area contributed by atoms with Crippen molar-refractivity contribution in [1.29, 1.82) is 0 Å². The molecule has 3 saturated carbocycles. The first-order valence-corrected chi connectivity index (χ1v) is 12.7. The second-order valence-corrected chi connectivity index (χ2v) is 12.8. The summed E-state index contributed by atoms with van der Waals surface area (Å²) in [4.78, 5) is 12.5. The zero-order valence-electron chi connectivity index (χ0n) is 21.4. The minimum Gasteiger partial charge on any atom is -0.504 e. The molecule has 4 heteroatoms. The number of amides is 1. The Kier molecular flexibility index (Phi) is 5.50. The fraction of sp³-hybridized carbons (Fsp3) is 0.690. The van der Waals surface area contributed by atoms with Crippen LogP contribution in [0.3, 0.4) is 0 Å². The molecular weight excluding hydrogens is 410 g/mol. The molecule has 0 unspecified atom stereocenters. The third-order valence-electron chi connectivity index (χ3n) is 10.9. The Hall–Kier alpha value is -1.97. The van der Waals surface area contributed by atoms with E-state index in [2.05, 4.69) is 46.8 Å². The highest BCUT2D eigenvalue weighted by molar-refractivity contribution is 5.80. The lowest BCUT2D eigenvalue weighted by molar-refractivity contribution is -0.167. The van der Waals surface area contributed by atoms with Crippen LogP contribution in [-0.2, 0) is 4.79 Å². The first-order valence-electron chi connectivity index (χ1n) is 12.7. The van der Waals surface area contributed by atoms with Gasteiger partial charge in [-0.05, 0) is 92.1 Å². The van der Waals surface area contributed by atoms with E-state index >= 15 is 0 Å². The second kappa shape index (κ2) is 7.52. The lowest BCUT2D eigenvalue weighted by Gasteiger charge is -2.69. The summed E-state index contributed by atoms with van der Waals surface area (Å²) in [7, 11) is 0. The van der Waals surface area contributed by atoms with Gasteiger partial charge in [-0.15, -0.1) is 0 Å². The monoisotopic (exact) mass is 453 g/mol. The number of primary amides is 1. The average molecular weight is 454 g/mol. The summed E-state index contributed by atoms with van der Waals surface area (Å²) in [5.41, 5.74) is 7.77. The summed E-state index contributed by atoms with van der Waals surface area (Å²) in [6.07, 6.45) is 16.1. The van der Waals surface area contributed by atoms with E-state index in [9.17, 15) is 15.0 Å². The van der Waals surface area contributed by atoms with E-state index in [1.54, 1.807) is 6.08 Å². The molecule has 4 aliphatic rings. The molecule has 3 fully saturated rings. The third-order valence-corrected chi connectivity index (χ3v) is 10.9. The third kappa shape index (κ3) is 3.42. The van der Waals surface area contributed by atoms with E-state index in [1.165, 1.54) is 5.57 Å². The first kappa shape index (κ1) is 24.2. The molecule has 0 aromatic heterocycles.